The van der Waals surface area contributed by atoms with Gasteiger partial charge in [-0.3, -0.25) is 4.79 Å². The highest BCUT2D eigenvalue weighted by Gasteiger charge is 2.13. The van der Waals surface area contributed by atoms with Gasteiger partial charge in [-0.2, -0.15) is 0 Å². The van der Waals surface area contributed by atoms with Crippen molar-refractivity contribution in [2.45, 2.75) is 20.8 Å². The molecule has 4 heteroatoms. The number of benzene rings is 1. The Hall–Kier alpha value is -0.870. The molecule has 0 bridgehead atoms. The number of halogens is 1. The van der Waals surface area contributed by atoms with E-state index in [0.717, 1.165) is 22.3 Å². The number of hydrogen-bond donors (Lipinski definition) is 2. The maximum absolute atomic E-state index is 11.9. The summed E-state index contributed by atoms with van der Waals surface area (Å²) in [6.45, 7) is 7.53. The van der Waals surface area contributed by atoms with Crippen molar-refractivity contribution in [3.63, 3.8) is 0 Å². The third kappa shape index (κ3) is 4.48. The van der Waals surface area contributed by atoms with E-state index >= 15 is 0 Å². The van der Waals surface area contributed by atoms with Gasteiger partial charge in [0.1, 0.15) is 0 Å². The van der Waals surface area contributed by atoms with Gasteiger partial charge in [0, 0.05) is 16.9 Å². The number of hydrogen-bond acceptors (Lipinski definition) is 2. The average Bonchev–Trinajstić information content (AvgIpc) is 2.30. The minimum Gasteiger partial charge on any atom is -0.325 e. The predicted octanol–water partition coefficient (Wildman–Crippen LogP) is 2.94. The molecule has 0 heterocycles. The van der Waals surface area contributed by atoms with Crippen LogP contribution in [0.4, 0.5) is 5.69 Å². The summed E-state index contributed by atoms with van der Waals surface area (Å²) in [6.07, 6.45) is 0. The van der Waals surface area contributed by atoms with Crippen LogP contribution in [0.5, 0.6) is 0 Å². The van der Waals surface area contributed by atoms with Gasteiger partial charge in [-0.05, 0) is 47.1 Å². The molecule has 0 aliphatic heterocycles. The number of carbonyl (C=O) groups is 1. The number of nitrogens with one attached hydrogen (secondary N) is 2. The summed E-state index contributed by atoms with van der Waals surface area (Å²) in [5, 5.41) is 6.10. The van der Waals surface area contributed by atoms with Crippen molar-refractivity contribution in [1.82, 2.24) is 5.32 Å². The van der Waals surface area contributed by atoms with Crippen molar-refractivity contribution in [2.24, 2.45) is 5.92 Å². The molecule has 0 saturated carbocycles. The van der Waals surface area contributed by atoms with E-state index in [-0.39, 0.29) is 11.8 Å². The monoisotopic (exact) mass is 298 g/mol. The van der Waals surface area contributed by atoms with Gasteiger partial charge in [-0.15, -0.1) is 0 Å². The van der Waals surface area contributed by atoms with Gasteiger partial charge in [-0.25, -0.2) is 0 Å². The van der Waals surface area contributed by atoms with E-state index in [1.165, 1.54) is 0 Å². The molecule has 0 fully saturated rings. The lowest BCUT2D eigenvalue weighted by molar-refractivity contribution is -0.119. The summed E-state index contributed by atoms with van der Waals surface area (Å²) < 4.78 is 0.909. The van der Waals surface area contributed by atoms with E-state index < -0.39 is 0 Å². The molecule has 1 amide bonds. The van der Waals surface area contributed by atoms with Crippen LogP contribution in [0.3, 0.4) is 0 Å². The average molecular weight is 299 g/mol. The third-order valence-corrected chi connectivity index (χ3v) is 3.22. The Labute approximate surface area is 111 Å². The van der Waals surface area contributed by atoms with Gasteiger partial charge in [0.05, 0.1) is 5.69 Å². The Morgan fingerprint density at radius 3 is 2.82 bits per heavy atom. The van der Waals surface area contributed by atoms with Gasteiger partial charge in [-0.1, -0.05) is 19.9 Å². The summed E-state index contributed by atoms with van der Waals surface area (Å²) >= 11 is 3.43. The molecule has 0 aliphatic carbocycles. The molecule has 0 saturated heterocycles. The number of amides is 1. The molecule has 0 radical (unpaired) electrons. The molecule has 0 spiro atoms. The first-order valence-electron chi connectivity index (χ1n) is 5.82. The zero-order valence-corrected chi connectivity index (χ0v) is 12.1. The summed E-state index contributed by atoms with van der Waals surface area (Å²) in [6, 6.07) is 5.91. The van der Waals surface area contributed by atoms with Gasteiger partial charge in [0.25, 0.3) is 0 Å². The lowest BCUT2D eigenvalue weighted by atomic mass is 10.1. The normalized spacial score (nSPS) is 12.2. The van der Waals surface area contributed by atoms with Gasteiger partial charge >= 0.3 is 0 Å². The van der Waals surface area contributed by atoms with E-state index in [4.69, 9.17) is 0 Å². The maximum Gasteiger partial charge on any atom is 0.228 e. The van der Waals surface area contributed by atoms with Crippen molar-refractivity contribution >= 4 is 27.5 Å². The molecule has 17 heavy (non-hydrogen) atoms. The fourth-order valence-corrected chi connectivity index (χ4v) is 1.79. The number of carbonyl (C=O) groups excluding carboxylic acids is 1. The molecule has 2 N–H and O–H groups in total. The summed E-state index contributed by atoms with van der Waals surface area (Å²) in [5.74, 6) is -0.000359. The van der Waals surface area contributed by atoms with Crippen LogP contribution in [-0.2, 0) is 4.79 Å². The molecular weight excluding hydrogens is 280 g/mol. The van der Waals surface area contributed by atoms with Crippen LogP contribution in [0, 0.1) is 12.8 Å². The fraction of sp³-hybridized carbons (Fsp3) is 0.462. The molecule has 1 rings (SSSR count). The Bertz CT molecular complexity index is 393. The van der Waals surface area contributed by atoms with Crippen LogP contribution in [0.25, 0.3) is 0 Å². The van der Waals surface area contributed by atoms with Crippen molar-refractivity contribution in [2.75, 3.05) is 18.4 Å². The van der Waals surface area contributed by atoms with Crippen molar-refractivity contribution in [3.05, 3.63) is 28.2 Å². The van der Waals surface area contributed by atoms with Crippen molar-refractivity contribution in [1.29, 1.82) is 0 Å². The maximum atomic E-state index is 11.9. The Morgan fingerprint density at radius 1 is 1.47 bits per heavy atom. The Balaban J connectivity index is 2.64. The quantitative estimate of drug-likeness (QED) is 0.877. The first-order chi connectivity index (χ1) is 8.04. The van der Waals surface area contributed by atoms with Crippen LogP contribution in [0.15, 0.2) is 22.7 Å². The minimum absolute atomic E-state index is 0.0391. The zero-order chi connectivity index (χ0) is 12.8. The lowest BCUT2D eigenvalue weighted by Crippen LogP contribution is -2.30. The van der Waals surface area contributed by atoms with Gasteiger partial charge < -0.3 is 10.6 Å². The summed E-state index contributed by atoms with van der Waals surface area (Å²) in [5.41, 5.74) is 1.96. The van der Waals surface area contributed by atoms with E-state index in [9.17, 15) is 4.79 Å². The molecule has 3 nitrogen and oxygen atoms in total. The highest BCUT2D eigenvalue weighted by Crippen LogP contribution is 2.23. The second-order valence-electron chi connectivity index (χ2n) is 4.18. The summed E-state index contributed by atoms with van der Waals surface area (Å²) in [7, 11) is 0. The van der Waals surface area contributed by atoms with Crippen molar-refractivity contribution in [3.8, 4) is 0 Å². The number of anilines is 1. The minimum atomic E-state index is -0.0395. The van der Waals surface area contributed by atoms with E-state index in [0.29, 0.717) is 6.54 Å². The number of aryl methyl sites for hydroxylation is 1. The van der Waals surface area contributed by atoms with Crippen molar-refractivity contribution < 1.29 is 4.79 Å². The SMILES string of the molecule is CCNCC(C)C(=O)Nc1cc(C)ccc1Br. The molecule has 0 aromatic heterocycles. The largest absolute Gasteiger partial charge is 0.325 e. The van der Waals surface area contributed by atoms with Gasteiger partial charge in [0.2, 0.25) is 5.91 Å². The second-order valence-corrected chi connectivity index (χ2v) is 5.04. The van der Waals surface area contributed by atoms with Gasteiger partial charge in [0.15, 0.2) is 0 Å². The lowest BCUT2D eigenvalue weighted by Gasteiger charge is -2.13. The van der Waals surface area contributed by atoms with Crippen LogP contribution in [0.1, 0.15) is 19.4 Å². The molecule has 0 aliphatic rings. The fourth-order valence-electron chi connectivity index (χ4n) is 1.44. The van der Waals surface area contributed by atoms with E-state index in [2.05, 4.69) is 26.6 Å². The van der Waals surface area contributed by atoms with Crippen LogP contribution < -0.4 is 10.6 Å². The standard InChI is InChI=1S/C13H19BrN2O/c1-4-15-8-10(3)13(17)16-12-7-9(2)5-6-11(12)14/h5-7,10,15H,4,8H2,1-3H3,(H,16,17). The topological polar surface area (TPSA) is 41.1 Å². The molecule has 94 valence electrons. The highest BCUT2D eigenvalue weighted by molar-refractivity contribution is 9.10. The Morgan fingerprint density at radius 2 is 2.18 bits per heavy atom. The Kier molecular flexibility index (Phi) is 5.65. The van der Waals surface area contributed by atoms with Crippen LogP contribution in [0.2, 0.25) is 0 Å². The zero-order valence-electron chi connectivity index (χ0n) is 10.5. The smallest absolute Gasteiger partial charge is 0.228 e. The highest BCUT2D eigenvalue weighted by atomic mass is 79.9. The van der Waals surface area contributed by atoms with E-state index in [1.807, 2.05) is 39.0 Å². The molecule has 1 unspecified atom stereocenters. The van der Waals surface area contributed by atoms with Crippen LogP contribution >= 0.6 is 15.9 Å². The van der Waals surface area contributed by atoms with Crippen LogP contribution in [-0.4, -0.2) is 19.0 Å². The summed E-state index contributed by atoms with van der Waals surface area (Å²) in [4.78, 5) is 11.9. The second kappa shape index (κ2) is 6.77. The molecule has 1 aromatic carbocycles. The third-order valence-electron chi connectivity index (χ3n) is 2.53. The number of rotatable bonds is 5. The predicted molar refractivity (Wildman–Crippen MR) is 75.2 cm³/mol. The molecule has 1 atom stereocenters. The van der Waals surface area contributed by atoms with E-state index in [1.54, 1.807) is 0 Å². The molecule has 1 aromatic rings. The first-order valence-corrected chi connectivity index (χ1v) is 6.61. The molecular formula is C13H19BrN2O. The first kappa shape index (κ1) is 14.2.